The van der Waals surface area contributed by atoms with E-state index in [1.54, 1.807) is 6.20 Å². The fourth-order valence-corrected chi connectivity index (χ4v) is 3.14. The maximum atomic E-state index is 6.09. The van der Waals surface area contributed by atoms with Gasteiger partial charge in [0.05, 0.1) is 5.02 Å². The summed E-state index contributed by atoms with van der Waals surface area (Å²) in [6, 6.07) is 1.98. The molecule has 1 aliphatic rings. The van der Waals surface area contributed by atoms with Crippen molar-refractivity contribution in [2.45, 2.75) is 51.0 Å². The monoisotopic (exact) mass is 267 g/mol. The third-order valence-electron chi connectivity index (χ3n) is 3.82. The molecule has 1 aromatic rings. The third-order valence-corrected chi connectivity index (χ3v) is 4.03. The normalized spacial score (nSPS) is 24.8. The van der Waals surface area contributed by atoms with Crippen molar-refractivity contribution < 1.29 is 0 Å². The Morgan fingerprint density at radius 3 is 3.06 bits per heavy atom. The van der Waals surface area contributed by atoms with Gasteiger partial charge < -0.3 is 11.1 Å². The maximum absolute atomic E-state index is 6.09. The second-order valence-electron chi connectivity index (χ2n) is 5.16. The Morgan fingerprint density at radius 1 is 1.44 bits per heavy atom. The predicted octanol–water partition coefficient (Wildman–Crippen LogP) is 3.48. The summed E-state index contributed by atoms with van der Waals surface area (Å²) in [6.45, 7) is 3.26. The SMILES string of the molecule is CCCC1(c2cc(Cl)cnc2N)CCCCCN1. The summed E-state index contributed by atoms with van der Waals surface area (Å²) in [6.07, 6.45) is 8.70. The van der Waals surface area contributed by atoms with E-state index >= 15 is 0 Å². The number of hydrogen-bond acceptors (Lipinski definition) is 3. The Bertz CT molecular complexity index is 398. The van der Waals surface area contributed by atoms with Crippen molar-refractivity contribution in [1.82, 2.24) is 10.3 Å². The van der Waals surface area contributed by atoms with Gasteiger partial charge in [-0.2, -0.15) is 0 Å². The van der Waals surface area contributed by atoms with Crippen molar-refractivity contribution in [3.05, 3.63) is 22.8 Å². The molecule has 4 heteroatoms. The number of hydrogen-bond donors (Lipinski definition) is 2. The lowest BCUT2D eigenvalue weighted by Gasteiger charge is -2.35. The van der Waals surface area contributed by atoms with Crippen LogP contribution in [0, 0.1) is 0 Å². The number of nitrogen functional groups attached to an aromatic ring is 1. The van der Waals surface area contributed by atoms with Crippen LogP contribution in [-0.2, 0) is 5.54 Å². The first-order chi connectivity index (χ1) is 8.68. The van der Waals surface area contributed by atoms with E-state index in [0.717, 1.165) is 31.4 Å². The smallest absolute Gasteiger partial charge is 0.128 e. The van der Waals surface area contributed by atoms with Gasteiger partial charge in [-0.15, -0.1) is 0 Å². The lowest BCUT2D eigenvalue weighted by Crippen LogP contribution is -2.42. The first-order valence-electron chi connectivity index (χ1n) is 6.84. The van der Waals surface area contributed by atoms with Crippen LogP contribution in [0.25, 0.3) is 0 Å². The third kappa shape index (κ3) is 2.78. The molecule has 3 N–H and O–H groups in total. The van der Waals surface area contributed by atoms with Crippen LogP contribution < -0.4 is 11.1 Å². The van der Waals surface area contributed by atoms with Crippen LogP contribution in [0.4, 0.5) is 5.82 Å². The molecule has 0 amide bonds. The molecule has 2 heterocycles. The number of halogens is 1. The van der Waals surface area contributed by atoms with Crippen LogP contribution in [0.5, 0.6) is 0 Å². The van der Waals surface area contributed by atoms with Crippen molar-refractivity contribution in [2.75, 3.05) is 12.3 Å². The molecule has 3 nitrogen and oxygen atoms in total. The minimum absolute atomic E-state index is 0.0345. The van der Waals surface area contributed by atoms with E-state index in [1.165, 1.54) is 19.3 Å². The van der Waals surface area contributed by atoms with E-state index < -0.39 is 0 Å². The fourth-order valence-electron chi connectivity index (χ4n) is 2.98. The fraction of sp³-hybridized carbons (Fsp3) is 0.643. The number of anilines is 1. The average Bonchev–Trinajstić information content (AvgIpc) is 2.59. The number of rotatable bonds is 3. The number of pyridine rings is 1. The van der Waals surface area contributed by atoms with Gasteiger partial charge in [-0.25, -0.2) is 4.98 Å². The summed E-state index contributed by atoms with van der Waals surface area (Å²) >= 11 is 6.09. The molecule has 1 atom stereocenters. The van der Waals surface area contributed by atoms with Gasteiger partial charge in [0.2, 0.25) is 0 Å². The van der Waals surface area contributed by atoms with Crippen molar-refractivity contribution in [1.29, 1.82) is 0 Å². The number of nitrogens with one attached hydrogen (secondary N) is 1. The van der Waals surface area contributed by atoms with Gasteiger partial charge in [0.25, 0.3) is 0 Å². The van der Waals surface area contributed by atoms with Gasteiger partial charge in [-0.05, 0) is 31.9 Å². The van der Waals surface area contributed by atoms with Gasteiger partial charge in [-0.3, -0.25) is 0 Å². The van der Waals surface area contributed by atoms with E-state index in [0.29, 0.717) is 10.8 Å². The van der Waals surface area contributed by atoms with E-state index in [9.17, 15) is 0 Å². The van der Waals surface area contributed by atoms with Crippen LogP contribution >= 0.6 is 11.6 Å². The first kappa shape index (κ1) is 13.6. The minimum atomic E-state index is -0.0345. The zero-order valence-corrected chi connectivity index (χ0v) is 11.8. The van der Waals surface area contributed by atoms with Crippen molar-refractivity contribution in [3.8, 4) is 0 Å². The lowest BCUT2D eigenvalue weighted by atomic mass is 9.82. The molecule has 100 valence electrons. The summed E-state index contributed by atoms with van der Waals surface area (Å²) in [5, 5.41) is 4.37. The molecule has 0 aliphatic carbocycles. The Hall–Kier alpha value is -0.800. The molecular weight excluding hydrogens is 246 g/mol. The molecule has 0 bridgehead atoms. The van der Waals surface area contributed by atoms with E-state index in [1.807, 2.05) is 6.07 Å². The first-order valence-corrected chi connectivity index (χ1v) is 7.22. The molecule has 1 saturated heterocycles. The maximum Gasteiger partial charge on any atom is 0.128 e. The number of nitrogens with zero attached hydrogens (tertiary/aromatic N) is 1. The van der Waals surface area contributed by atoms with Crippen LogP contribution in [0.1, 0.15) is 51.0 Å². The highest BCUT2D eigenvalue weighted by atomic mass is 35.5. The summed E-state index contributed by atoms with van der Waals surface area (Å²) < 4.78 is 0. The highest BCUT2D eigenvalue weighted by Gasteiger charge is 2.33. The van der Waals surface area contributed by atoms with Crippen molar-refractivity contribution in [2.24, 2.45) is 0 Å². The molecule has 0 saturated carbocycles. The van der Waals surface area contributed by atoms with Gasteiger partial charge >= 0.3 is 0 Å². The number of nitrogens with two attached hydrogens (primary N) is 1. The summed E-state index contributed by atoms with van der Waals surface area (Å²) in [7, 11) is 0. The minimum Gasteiger partial charge on any atom is -0.383 e. The molecule has 0 radical (unpaired) electrons. The predicted molar refractivity (Wildman–Crippen MR) is 76.7 cm³/mol. The highest BCUT2D eigenvalue weighted by molar-refractivity contribution is 6.30. The average molecular weight is 268 g/mol. The molecule has 2 rings (SSSR count). The van der Waals surface area contributed by atoms with Gasteiger partial charge in [0.15, 0.2) is 0 Å². The Labute approximate surface area is 114 Å². The Balaban J connectivity index is 2.41. The van der Waals surface area contributed by atoms with E-state index in [4.69, 9.17) is 17.3 Å². The van der Waals surface area contributed by atoms with E-state index in [2.05, 4.69) is 17.2 Å². The Kier molecular flexibility index (Phi) is 4.46. The Morgan fingerprint density at radius 2 is 2.28 bits per heavy atom. The van der Waals surface area contributed by atoms with Crippen LogP contribution in [0.2, 0.25) is 5.02 Å². The lowest BCUT2D eigenvalue weighted by molar-refractivity contribution is 0.298. The molecule has 18 heavy (non-hydrogen) atoms. The molecule has 1 unspecified atom stereocenters. The molecule has 0 spiro atoms. The largest absolute Gasteiger partial charge is 0.383 e. The van der Waals surface area contributed by atoms with Crippen LogP contribution in [-0.4, -0.2) is 11.5 Å². The standard InChI is InChI=1S/C14H22ClN3/c1-2-6-14(7-4-3-5-8-18-14)12-9-11(15)10-17-13(12)16/h9-10,18H,2-8H2,1H3,(H2,16,17). The number of aromatic nitrogens is 1. The van der Waals surface area contributed by atoms with E-state index in [-0.39, 0.29) is 5.54 Å². The van der Waals surface area contributed by atoms with Crippen LogP contribution in [0.15, 0.2) is 12.3 Å². The second kappa shape index (κ2) is 5.89. The van der Waals surface area contributed by atoms with Crippen LogP contribution in [0.3, 0.4) is 0 Å². The highest BCUT2D eigenvalue weighted by Crippen LogP contribution is 2.37. The van der Waals surface area contributed by atoms with Crippen molar-refractivity contribution >= 4 is 17.4 Å². The zero-order valence-electron chi connectivity index (χ0n) is 11.0. The van der Waals surface area contributed by atoms with Gasteiger partial charge in [0, 0.05) is 17.3 Å². The molecule has 1 fully saturated rings. The zero-order chi connectivity index (χ0) is 13.0. The summed E-state index contributed by atoms with van der Waals surface area (Å²) in [4.78, 5) is 4.22. The summed E-state index contributed by atoms with van der Waals surface area (Å²) in [5.41, 5.74) is 7.12. The van der Waals surface area contributed by atoms with Gasteiger partial charge in [0.1, 0.15) is 5.82 Å². The topological polar surface area (TPSA) is 50.9 Å². The van der Waals surface area contributed by atoms with Crippen molar-refractivity contribution in [3.63, 3.8) is 0 Å². The molecule has 1 aliphatic heterocycles. The second-order valence-corrected chi connectivity index (χ2v) is 5.59. The quantitative estimate of drug-likeness (QED) is 0.882. The van der Waals surface area contributed by atoms with Gasteiger partial charge in [-0.1, -0.05) is 37.8 Å². The summed E-state index contributed by atoms with van der Waals surface area (Å²) in [5.74, 6) is 0.613. The molecule has 1 aromatic heterocycles. The molecular formula is C14H22ClN3. The molecule has 0 aromatic carbocycles.